The summed E-state index contributed by atoms with van der Waals surface area (Å²) in [6, 6.07) is 9.21. The maximum atomic E-state index is 12.3. The van der Waals surface area contributed by atoms with Crippen LogP contribution in [-0.2, 0) is 16.6 Å². The predicted octanol–water partition coefficient (Wildman–Crippen LogP) is 3.48. The largest absolute Gasteiger partial charge is 0.462 e. The fourth-order valence-corrected chi connectivity index (χ4v) is 2.75. The number of esters is 1. The molecule has 0 saturated carbocycles. The summed E-state index contributed by atoms with van der Waals surface area (Å²) in [5.74, 6) is 0.171. The summed E-state index contributed by atoms with van der Waals surface area (Å²) in [7, 11) is 1.76. The first kappa shape index (κ1) is 17.8. The van der Waals surface area contributed by atoms with E-state index in [0.717, 1.165) is 11.1 Å². The van der Waals surface area contributed by atoms with Crippen molar-refractivity contribution in [3.05, 3.63) is 59.6 Å². The van der Waals surface area contributed by atoms with Crippen molar-refractivity contribution in [2.24, 2.45) is 7.05 Å². The number of nitrogens with zero attached hydrogens (tertiary/aromatic N) is 3. The molecule has 0 amide bonds. The Kier molecular flexibility index (Phi) is 5.38. The Morgan fingerprint density at radius 2 is 2.15 bits per heavy atom. The van der Waals surface area contributed by atoms with E-state index in [1.165, 1.54) is 0 Å². The van der Waals surface area contributed by atoms with Gasteiger partial charge in [-0.05, 0) is 19.1 Å². The zero-order valence-electron chi connectivity index (χ0n) is 14.4. The minimum absolute atomic E-state index is 0.281. The maximum Gasteiger partial charge on any atom is 0.341 e. The van der Waals surface area contributed by atoms with Crippen molar-refractivity contribution >= 4 is 29.0 Å². The Morgan fingerprint density at radius 3 is 2.85 bits per heavy atom. The number of anilines is 1. The lowest BCUT2D eigenvalue weighted by Gasteiger charge is -2.09. The second-order valence-corrected chi connectivity index (χ2v) is 5.81. The summed E-state index contributed by atoms with van der Waals surface area (Å²) in [4.78, 5) is 12.3. The highest BCUT2D eigenvalue weighted by Crippen LogP contribution is 2.32. The van der Waals surface area contributed by atoms with Crippen LogP contribution < -0.4 is 5.32 Å². The maximum absolute atomic E-state index is 12.3. The molecule has 3 rings (SSSR count). The molecule has 2 N–H and O–H groups in total. The van der Waals surface area contributed by atoms with Crippen LogP contribution in [0, 0.1) is 0 Å². The van der Waals surface area contributed by atoms with E-state index < -0.39 is 5.97 Å². The molecular weight excluding hydrogens is 354 g/mol. The molecular formula is C18H18ClN5O2. The molecule has 7 nitrogen and oxygen atoms in total. The monoisotopic (exact) mass is 371 g/mol. The molecule has 26 heavy (non-hydrogen) atoms. The van der Waals surface area contributed by atoms with Gasteiger partial charge in [-0.2, -0.15) is 10.2 Å². The summed E-state index contributed by atoms with van der Waals surface area (Å²) in [6.07, 6.45) is 4.86. The summed E-state index contributed by atoms with van der Waals surface area (Å²) in [5, 5.41) is 14.8. The highest BCUT2D eigenvalue weighted by Gasteiger charge is 2.17. The lowest BCUT2D eigenvalue weighted by Crippen LogP contribution is -2.11. The number of nitrogens with one attached hydrogen (secondary N) is 2. The van der Waals surface area contributed by atoms with Crippen molar-refractivity contribution in [3.8, 4) is 11.1 Å². The normalized spacial score (nSPS) is 11.4. The molecule has 0 bridgehead atoms. The SMILES string of the molecule is CCOC(=O)/C(=C/Nc1[nH]ncc1-c1ccccc1Cl)c1ccnn1C. The summed E-state index contributed by atoms with van der Waals surface area (Å²) in [6.45, 7) is 2.04. The highest BCUT2D eigenvalue weighted by molar-refractivity contribution is 6.33. The molecule has 0 aliphatic rings. The number of aromatic amines is 1. The average Bonchev–Trinajstić information content (AvgIpc) is 3.25. The van der Waals surface area contributed by atoms with Gasteiger partial charge in [0.25, 0.3) is 0 Å². The van der Waals surface area contributed by atoms with Gasteiger partial charge in [-0.1, -0.05) is 29.8 Å². The van der Waals surface area contributed by atoms with Crippen LogP contribution in [0.15, 0.2) is 48.9 Å². The van der Waals surface area contributed by atoms with Gasteiger partial charge in [0.15, 0.2) is 0 Å². The topological polar surface area (TPSA) is 84.8 Å². The van der Waals surface area contributed by atoms with Crippen LogP contribution in [0.1, 0.15) is 12.6 Å². The Bertz CT molecular complexity index is 944. The van der Waals surface area contributed by atoms with E-state index in [-0.39, 0.29) is 6.61 Å². The van der Waals surface area contributed by atoms with Crippen molar-refractivity contribution in [2.45, 2.75) is 6.92 Å². The van der Waals surface area contributed by atoms with E-state index in [0.29, 0.717) is 22.1 Å². The fraction of sp³-hybridized carbons (Fsp3) is 0.167. The van der Waals surface area contributed by atoms with Gasteiger partial charge < -0.3 is 10.1 Å². The van der Waals surface area contributed by atoms with Crippen LogP contribution in [-0.4, -0.2) is 32.6 Å². The van der Waals surface area contributed by atoms with E-state index in [1.807, 2.05) is 24.3 Å². The number of H-pyrrole nitrogens is 1. The van der Waals surface area contributed by atoms with Gasteiger partial charge in [0, 0.05) is 35.6 Å². The first-order valence-electron chi connectivity index (χ1n) is 8.02. The van der Waals surface area contributed by atoms with Gasteiger partial charge in [-0.3, -0.25) is 9.78 Å². The average molecular weight is 372 g/mol. The van der Waals surface area contributed by atoms with E-state index >= 15 is 0 Å². The number of benzene rings is 1. The molecule has 2 heterocycles. The summed E-state index contributed by atoms with van der Waals surface area (Å²) >= 11 is 6.27. The van der Waals surface area contributed by atoms with Gasteiger partial charge in [0.1, 0.15) is 11.4 Å². The number of carbonyl (C=O) groups excluding carboxylic acids is 1. The van der Waals surface area contributed by atoms with Crippen molar-refractivity contribution in [2.75, 3.05) is 11.9 Å². The van der Waals surface area contributed by atoms with Crippen molar-refractivity contribution in [1.82, 2.24) is 20.0 Å². The minimum Gasteiger partial charge on any atom is -0.462 e. The molecule has 8 heteroatoms. The fourth-order valence-electron chi connectivity index (χ4n) is 2.51. The molecule has 0 fully saturated rings. The molecule has 0 aliphatic carbocycles. The van der Waals surface area contributed by atoms with Crippen molar-refractivity contribution < 1.29 is 9.53 Å². The van der Waals surface area contributed by atoms with Crippen LogP contribution in [0.2, 0.25) is 5.02 Å². The third-order valence-electron chi connectivity index (χ3n) is 3.76. The van der Waals surface area contributed by atoms with Gasteiger partial charge >= 0.3 is 5.97 Å². The summed E-state index contributed by atoms with van der Waals surface area (Å²) < 4.78 is 6.75. The van der Waals surface area contributed by atoms with Crippen LogP contribution in [0.5, 0.6) is 0 Å². The molecule has 0 atom stereocenters. The molecule has 0 radical (unpaired) electrons. The lowest BCUT2D eigenvalue weighted by atomic mass is 10.1. The zero-order valence-corrected chi connectivity index (χ0v) is 15.1. The standard InChI is InChI=1S/C18H18ClN5O2/c1-3-26-18(25)14(16-8-9-22-24(16)2)10-20-17-13(11-21-23-17)12-6-4-5-7-15(12)19/h4-11H,3H2,1-2H3,(H2,20,21,23)/b14-10+. The second-order valence-electron chi connectivity index (χ2n) is 5.40. The molecule has 0 spiro atoms. The Hall–Kier alpha value is -3.06. The van der Waals surface area contributed by atoms with Gasteiger partial charge in [0.05, 0.1) is 18.5 Å². The van der Waals surface area contributed by atoms with Crippen molar-refractivity contribution in [1.29, 1.82) is 0 Å². The Labute approximate surface area is 155 Å². The Balaban J connectivity index is 1.95. The smallest absolute Gasteiger partial charge is 0.341 e. The highest BCUT2D eigenvalue weighted by atomic mass is 35.5. The van der Waals surface area contributed by atoms with Crippen LogP contribution in [0.4, 0.5) is 5.82 Å². The molecule has 3 aromatic rings. The third kappa shape index (κ3) is 3.62. The second kappa shape index (κ2) is 7.88. The van der Waals surface area contributed by atoms with E-state index in [2.05, 4.69) is 20.6 Å². The summed E-state index contributed by atoms with van der Waals surface area (Å²) in [5.41, 5.74) is 2.61. The molecule has 0 aliphatic heterocycles. The first-order valence-corrected chi connectivity index (χ1v) is 8.40. The number of rotatable bonds is 6. The van der Waals surface area contributed by atoms with Gasteiger partial charge in [0.2, 0.25) is 0 Å². The van der Waals surface area contributed by atoms with Gasteiger partial charge in [-0.25, -0.2) is 4.79 Å². The molecule has 2 aromatic heterocycles. The van der Waals surface area contributed by atoms with E-state index in [1.54, 1.807) is 43.3 Å². The number of hydrogen-bond donors (Lipinski definition) is 2. The number of aromatic nitrogens is 4. The van der Waals surface area contributed by atoms with Crippen molar-refractivity contribution in [3.63, 3.8) is 0 Å². The minimum atomic E-state index is -0.442. The van der Waals surface area contributed by atoms with Crippen LogP contribution in [0.3, 0.4) is 0 Å². The van der Waals surface area contributed by atoms with E-state index in [4.69, 9.17) is 16.3 Å². The molecule has 0 unspecified atom stereocenters. The van der Waals surface area contributed by atoms with E-state index in [9.17, 15) is 4.79 Å². The number of aryl methyl sites for hydroxylation is 1. The van der Waals surface area contributed by atoms with Crippen LogP contribution >= 0.6 is 11.6 Å². The first-order chi connectivity index (χ1) is 12.6. The zero-order chi connectivity index (χ0) is 18.5. The quantitative estimate of drug-likeness (QED) is 0.512. The third-order valence-corrected chi connectivity index (χ3v) is 4.09. The number of halogens is 1. The lowest BCUT2D eigenvalue weighted by molar-refractivity contribution is -0.136. The number of hydrogen-bond acceptors (Lipinski definition) is 5. The number of carbonyl (C=O) groups is 1. The number of ether oxygens (including phenoxy) is 1. The van der Waals surface area contributed by atoms with Gasteiger partial charge in [-0.15, -0.1) is 0 Å². The Morgan fingerprint density at radius 1 is 1.35 bits per heavy atom. The predicted molar refractivity (Wildman–Crippen MR) is 100 cm³/mol. The molecule has 134 valence electrons. The molecule has 1 aromatic carbocycles. The molecule has 0 saturated heterocycles. The van der Waals surface area contributed by atoms with Crippen LogP contribution in [0.25, 0.3) is 16.7 Å².